The van der Waals surface area contributed by atoms with E-state index in [4.69, 9.17) is 9.47 Å². The smallest absolute Gasteiger partial charge is 0.309 e. The molecule has 6 nitrogen and oxygen atoms in total. The fourth-order valence-corrected chi connectivity index (χ4v) is 5.69. The molecule has 3 rings (SSSR count). The number of cyclic esters (lactones) is 1. The van der Waals surface area contributed by atoms with Crippen LogP contribution in [0.5, 0.6) is 0 Å². The lowest BCUT2D eigenvalue weighted by Gasteiger charge is -2.35. The second-order valence-corrected chi connectivity index (χ2v) is 10.0. The minimum Gasteiger partial charge on any atom is -0.458 e. The third kappa shape index (κ3) is 6.22. The Morgan fingerprint density at radius 3 is 2.57 bits per heavy atom. The van der Waals surface area contributed by atoms with Crippen LogP contribution in [-0.2, 0) is 19.1 Å². The maximum Gasteiger partial charge on any atom is 0.309 e. The number of esters is 1. The first-order valence-corrected chi connectivity index (χ1v) is 12.9. The molecule has 2 N–H and O–H groups in total. The van der Waals surface area contributed by atoms with E-state index < -0.39 is 12.2 Å². The van der Waals surface area contributed by atoms with Gasteiger partial charge in [-0.05, 0) is 72.4 Å². The average Bonchev–Trinajstić information content (AvgIpc) is 2.97. The van der Waals surface area contributed by atoms with E-state index in [2.05, 4.69) is 38.2 Å². The Morgan fingerprint density at radius 2 is 1.97 bits per heavy atom. The first-order valence-electron chi connectivity index (χ1n) is 12.9. The number of hydrogen-bond donors (Lipinski definition) is 2. The van der Waals surface area contributed by atoms with Crippen LogP contribution in [0.1, 0.15) is 84.6 Å². The Hall–Kier alpha value is -2.44. The first-order chi connectivity index (χ1) is 16.7. The summed E-state index contributed by atoms with van der Waals surface area (Å²) in [7, 11) is 1.80. The summed E-state index contributed by atoms with van der Waals surface area (Å²) in [5.74, 6) is -0.468. The summed E-state index contributed by atoms with van der Waals surface area (Å²) in [6.07, 6.45) is 8.93. The van der Waals surface area contributed by atoms with Crippen LogP contribution < -0.4 is 5.32 Å². The van der Waals surface area contributed by atoms with Gasteiger partial charge in [0.15, 0.2) is 0 Å². The predicted octanol–water partition coefficient (Wildman–Crippen LogP) is 5.81. The highest BCUT2D eigenvalue weighted by molar-refractivity contribution is 5.89. The molecular formula is C29H41NO5. The molecule has 1 fully saturated rings. The van der Waals surface area contributed by atoms with Gasteiger partial charge in [-0.15, -0.1) is 0 Å². The van der Waals surface area contributed by atoms with Crippen LogP contribution in [-0.4, -0.2) is 41.9 Å². The highest BCUT2D eigenvalue weighted by atomic mass is 16.5. The monoisotopic (exact) mass is 483 g/mol. The molecule has 0 bridgehead atoms. The normalized spacial score (nSPS) is 27.0. The summed E-state index contributed by atoms with van der Waals surface area (Å²) in [4.78, 5) is 23.7. The number of amides is 1. The largest absolute Gasteiger partial charge is 0.458 e. The van der Waals surface area contributed by atoms with Crippen molar-refractivity contribution in [1.29, 1.82) is 0 Å². The van der Waals surface area contributed by atoms with Crippen LogP contribution in [0, 0.1) is 5.41 Å². The summed E-state index contributed by atoms with van der Waals surface area (Å²) in [6, 6.07) is 8.00. The molecule has 1 heterocycles. The number of nitrogens with one attached hydrogen (secondary N) is 1. The van der Waals surface area contributed by atoms with Crippen molar-refractivity contribution < 1.29 is 24.2 Å². The van der Waals surface area contributed by atoms with Crippen LogP contribution >= 0.6 is 0 Å². The van der Waals surface area contributed by atoms with Gasteiger partial charge in [-0.1, -0.05) is 39.0 Å². The van der Waals surface area contributed by atoms with Crippen LogP contribution in [0.4, 0.5) is 5.69 Å². The molecule has 192 valence electrons. The number of carbonyl (C=O) groups is 2. The van der Waals surface area contributed by atoms with Gasteiger partial charge in [0, 0.05) is 32.6 Å². The van der Waals surface area contributed by atoms with Gasteiger partial charge in [-0.25, -0.2) is 0 Å². The predicted molar refractivity (Wildman–Crippen MR) is 139 cm³/mol. The number of carbonyl (C=O) groups excluding carboxylic acids is 2. The van der Waals surface area contributed by atoms with Crippen LogP contribution in [0.15, 0.2) is 42.0 Å². The molecule has 0 saturated carbocycles. The lowest BCUT2D eigenvalue weighted by molar-refractivity contribution is -0.156. The minimum absolute atomic E-state index is 0.0505. The molecule has 35 heavy (non-hydrogen) atoms. The van der Waals surface area contributed by atoms with Crippen molar-refractivity contribution in [3.05, 3.63) is 47.6 Å². The van der Waals surface area contributed by atoms with E-state index in [1.165, 1.54) is 18.1 Å². The number of allylic oxidation sites excluding steroid dienone is 2. The van der Waals surface area contributed by atoms with E-state index in [-0.39, 0.29) is 29.3 Å². The van der Waals surface area contributed by atoms with E-state index in [1.54, 1.807) is 7.11 Å². The van der Waals surface area contributed by atoms with Crippen molar-refractivity contribution in [2.45, 2.75) is 96.9 Å². The zero-order valence-electron chi connectivity index (χ0n) is 21.9. The van der Waals surface area contributed by atoms with E-state index in [9.17, 15) is 14.7 Å². The van der Waals surface area contributed by atoms with Crippen molar-refractivity contribution >= 4 is 23.1 Å². The molecule has 1 aromatic rings. The van der Waals surface area contributed by atoms with Crippen molar-refractivity contribution in [1.82, 2.24) is 0 Å². The molecule has 1 aromatic carbocycles. The fourth-order valence-electron chi connectivity index (χ4n) is 5.69. The maximum absolute atomic E-state index is 11.9. The number of rotatable bonds is 8. The Labute approximate surface area is 209 Å². The molecule has 1 saturated heterocycles. The molecule has 1 aliphatic heterocycles. The number of hydrogen-bond acceptors (Lipinski definition) is 5. The summed E-state index contributed by atoms with van der Waals surface area (Å²) in [5.41, 5.74) is 3.89. The molecule has 3 atom stereocenters. The van der Waals surface area contributed by atoms with Crippen LogP contribution in [0.3, 0.4) is 0 Å². The van der Waals surface area contributed by atoms with Crippen molar-refractivity contribution in [2.75, 3.05) is 12.4 Å². The van der Waals surface area contributed by atoms with Gasteiger partial charge in [0.1, 0.15) is 6.10 Å². The Balaban J connectivity index is 2.19. The number of methoxy groups -OCH3 is 1. The average molecular weight is 484 g/mol. The zero-order chi connectivity index (χ0) is 25.6. The molecule has 0 radical (unpaired) electrons. The summed E-state index contributed by atoms with van der Waals surface area (Å²) >= 11 is 0. The summed E-state index contributed by atoms with van der Waals surface area (Å²) in [5, 5.41) is 13.0. The number of aliphatic hydroxyl groups is 1. The van der Waals surface area contributed by atoms with Crippen LogP contribution in [0.25, 0.3) is 5.57 Å². The Morgan fingerprint density at radius 1 is 1.23 bits per heavy atom. The topological polar surface area (TPSA) is 84.9 Å². The maximum atomic E-state index is 11.9. The van der Waals surface area contributed by atoms with E-state index in [1.807, 2.05) is 24.3 Å². The minimum atomic E-state index is -0.675. The standard InChI is InChI=1S/C29H41NO5/c1-6-28(7-2)14-15-29(8-3,34-5)19-25(21-10-9-11-22(16-21)30-20(4)31)26(28)13-12-24-17-23(32)18-27(33)35-24/h9-13,16,23-24,32H,6-8,14-15,17-19H2,1-5H3,(H,30,31)/b13-12+/t23-,24-,29?/m0/s1. The van der Waals surface area contributed by atoms with E-state index >= 15 is 0 Å². The number of aliphatic hydroxyl groups excluding tert-OH is 1. The van der Waals surface area contributed by atoms with E-state index in [0.717, 1.165) is 49.8 Å². The van der Waals surface area contributed by atoms with Gasteiger partial charge in [0.25, 0.3) is 0 Å². The van der Waals surface area contributed by atoms with Crippen molar-refractivity contribution in [2.24, 2.45) is 5.41 Å². The van der Waals surface area contributed by atoms with Gasteiger partial charge < -0.3 is 19.9 Å². The SMILES string of the molecule is CCC1(OC)CCC(CC)(CC)C(/C=C/[C@H]2C[C@H](O)CC(=O)O2)=C(c2cccc(NC(C)=O)c2)C1. The van der Waals surface area contributed by atoms with Gasteiger partial charge >= 0.3 is 5.97 Å². The van der Waals surface area contributed by atoms with Gasteiger partial charge in [-0.3, -0.25) is 9.59 Å². The number of benzene rings is 1. The van der Waals surface area contributed by atoms with Crippen molar-refractivity contribution in [3.63, 3.8) is 0 Å². The second-order valence-electron chi connectivity index (χ2n) is 10.0. The van der Waals surface area contributed by atoms with Crippen LogP contribution in [0.2, 0.25) is 0 Å². The Bertz CT molecular complexity index is 971. The molecule has 2 aliphatic rings. The fraction of sp³-hybridized carbons (Fsp3) is 0.586. The number of anilines is 1. The number of ether oxygens (including phenoxy) is 2. The summed E-state index contributed by atoms with van der Waals surface area (Å²) in [6.45, 7) is 8.16. The third-order valence-electron chi connectivity index (χ3n) is 8.08. The zero-order valence-corrected chi connectivity index (χ0v) is 21.9. The van der Waals surface area contributed by atoms with Gasteiger partial charge in [0.2, 0.25) is 5.91 Å². The molecule has 0 aromatic heterocycles. The highest BCUT2D eigenvalue weighted by Crippen LogP contribution is 2.52. The quantitative estimate of drug-likeness (QED) is 0.456. The molecule has 0 spiro atoms. The van der Waals surface area contributed by atoms with Gasteiger partial charge in [0.05, 0.1) is 18.1 Å². The van der Waals surface area contributed by atoms with Crippen molar-refractivity contribution in [3.8, 4) is 0 Å². The molecule has 6 heteroatoms. The second kappa shape index (κ2) is 11.5. The summed E-state index contributed by atoms with van der Waals surface area (Å²) < 4.78 is 11.7. The Kier molecular flexibility index (Phi) is 8.94. The van der Waals surface area contributed by atoms with E-state index in [0.29, 0.717) is 6.42 Å². The van der Waals surface area contributed by atoms with Gasteiger partial charge in [-0.2, -0.15) is 0 Å². The highest BCUT2D eigenvalue weighted by Gasteiger charge is 2.41. The molecule has 1 unspecified atom stereocenters. The lowest BCUT2D eigenvalue weighted by atomic mass is 9.70. The molecule has 1 amide bonds. The first kappa shape index (κ1) is 27.2. The third-order valence-corrected chi connectivity index (χ3v) is 8.08. The molecular weight excluding hydrogens is 442 g/mol. The lowest BCUT2D eigenvalue weighted by Crippen LogP contribution is -2.31. The molecule has 1 aliphatic carbocycles.